The molecule has 0 radical (unpaired) electrons. The fourth-order valence-electron chi connectivity index (χ4n) is 3.28. The highest BCUT2D eigenvalue weighted by molar-refractivity contribution is 5.60. The van der Waals surface area contributed by atoms with E-state index in [9.17, 15) is 13.9 Å². The molecule has 2 heterocycles. The lowest BCUT2D eigenvalue weighted by atomic mass is 10.1. The highest BCUT2D eigenvalue weighted by Crippen LogP contribution is 2.29. The molecule has 0 fully saturated rings. The Bertz CT molecular complexity index is 966. The second-order valence-electron chi connectivity index (χ2n) is 6.47. The van der Waals surface area contributed by atoms with Gasteiger partial charge in [0.1, 0.15) is 17.5 Å². The van der Waals surface area contributed by atoms with Gasteiger partial charge in [0.2, 0.25) is 0 Å². The van der Waals surface area contributed by atoms with Crippen molar-refractivity contribution in [3.8, 4) is 11.4 Å². The summed E-state index contributed by atoms with van der Waals surface area (Å²) in [5, 5.41) is 13.4. The number of fused-ring (bicyclic) bond motifs is 1. The summed E-state index contributed by atoms with van der Waals surface area (Å²) >= 11 is 0. The fourth-order valence-corrected chi connectivity index (χ4v) is 3.28. The van der Waals surface area contributed by atoms with Gasteiger partial charge in [-0.25, -0.2) is 18.7 Å². The maximum atomic E-state index is 13.9. The van der Waals surface area contributed by atoms with E-state index in [1.807, 2.05) is 12.1 Å². The van der Waals surface area contributed by atoms with Crippen LogP contribution in [0.2, 0.25) is 0 Å². The minimum atomic E-state index is -1.12. The zero-order valence-electron chi connectivity index (χ0n) is 14.5. The fraction of sp³-hybridized carbons (Fsp3) is 0.250. The highest BCUT2D eigenvalue weighted by atomic mass is 19.1. The number of halogens is 2. The first kappa shape index (κ1) is 17.5. The van der Waals surface area contributed by atoms with Crippen molar-refractivity contribution in [2.24, 2.45) is 0 Å². The molecule has 1 aromatic carbocycles. The van der Waals surface area contributed by atoms with E-state index < -0.39 is 17.7 Å². The Labute approximate surface area is 155 Å². The van der Waals surface area contributed by atoms with Crippen molar-refractivity contribution in [1.82, 2.24) is 15.0 Å². The summed E-state index contributed by atoms with van der Waals surface area (Å²) in [5.74, 6) is -0.212. The third-order valence-electron chi connectivity index (χ3n) is 4.66. The molecular formula is C20H18F2N4O. The number of aromatic nitrogens is 3. The molecule has 1 aliphatic carbocycles. The molecule has 0 unspecified atom stereocenters. The Hall–Kier alpha value is -2.93. The zero-order valence-corrected chi connectivity index (χ0v) is 14.5. The van der Waals surface area contributed by atoms with Crippen LogP contribution in [0.1, 0.15) is 29.3 Å². The number of aliphatic hydroxyl groups excluding tert-OH is 1. The molecule has 5 nitrogen and oxygen atoms in total. The molecule has 3 aromatic rings. The van der Waals surface area contributed by atoms with Crippen molar-refractivity contribution >= 4 is 5.82 Å². The predicted octanol–water partition coefficient (Wildman–Crippen LogP) is 3.45. The van der Waals surface area contributed by atoms with Gasteiger partial charge < -0.3 is 10.4 Å². The van der Waals surface area contributed by atoms with Crippen LogP contribution >= 0.6 is 0 Å². The van der Waals surface area contributed by atoms with Gasteiger partial charge in [-0.2, -0.15) is 0 Å². The summed E-state index contributed by atoms with van der Waals surface area (Å²) in [6, 6.07) is 6.82. The van der Waals surface area contributed by atoms with E-state index >= 15 is 0 Å². The summed E-state index contributed by atoms with van der Waals surface area (Å²) < 4.78 is 26.9. The molecule has 7 heteroatoms. The molecular weight excluding hydrogens is 350 g/mol. The smallest absolute Gasteiger partial charge is 0.161 e. The summed E-state index contributed by atoms with van der Waals surface area (Å²) in [6.07, 6.45) is 4.96. The van der Waals surface area contributed by atoms with Crippen molar-refractivity contribution in [3.63, 3.8) is 0 Å². The first-order valence-electron chi connectivity index (χ1n) is 8.79. The van der Waals surface area contributed by atoms with Gasteiger partial charge in [-0.3, -0.25) is 4.98 Å². The highest BCUT2D eigenvalue weighted by Gasteiger charge is 2.21. The quantitative estimate of drug-likeness (QED) is 0.722. The summed E-state index contributed by atoms with van der Waals surface area (Å²) in [6.45, 7) is 0.0573. The van der Waals surface area contributed by atoms with E-state index in [2.05, 4.69) is 20.3 Å². The molecule has 1 aliphatic rings. The number of pyridine rings is 1. The van der Waals surface area contributed by atoms with E-state index in [1.54, 1.807) is 12.4 Å². The van der Waals surface area contributed by atoms with E-state index in [0.717, 1.165) is 48.2 Å². The van der Waals surface area contributed by atoms with Crippen LogP contribution in [-0.2, 0) is 12.8 Å². The molecule has 4 rings (SSSR count). The van der Waals surface area contributed by atoms with Crippen LogP contribution < -0.4 is 5.32 Å². The maximum Gasteiger partial charge on any atom is 0.161 e. The molecule has 0 bridgehead atoms. The summed E-state index contributed by atoms with van der Waals surface area (Å²) in [4.78, 5) is 13.3. The number of benzene rings is 1. The number of aliphatic hydroxyl groups is 1. The molecule has 0 saturated carbocycles. The molecule has 138 valence electrons. The third-order valence-corrected chi connectivity index (χ3v) is 4.66. The number of nitrogens with one attached hydrogen (secondary N) is 1. The Morgan fingerprint density at radius 1 is 1.07 bits per heavy atom. The second kappa shape index (κ2) is 7.36. The van der Waals surface area contributed by atoms with E-state index in [-0.39, 0.29) is 12.1 Å². The van der Waals surface area contributed by atoms with E-state index in [0.29, 0.717) is 11.6 Å². The lowest BCUT2D eigenvalue weighted by molar-refractivity contribution is 0.186. The molecule has 1 atom stereocenters. The normalized spacial score (nSPS) is 14.0. The summed E-state index contributed by atoms with van der Waals surface area (Å²) in [5.41, 5.74) is 2.91. The van der Waals surface area contributed by atoms with Crippen LogP contribution in [0.15, 0.2) is 42.7 Å². The molecule has 0 saturated heterocycles. The Morgan fingerprint density at radius 3 is 2.67 bits per heavy atom. The Morgan fingerprint density at radius 2 is 1.89 bits per heavy atom. The van der Waals surface area contributed by atoms with Crippen LogP contribution in [0.4, 0.5) is 14.6 Å². The molecule has 0 aliphatic heterocycles. The Kier molecular flexibility index (Phi) is 4.77. The van der Waals surface area contributed by atoms with Crippen molar-refractivity contribution in [1.29, 1.82) is 0 Å². The van der Waals surface area contributed by atoms with Gasteiger partial charge in [-0.1, -0.05) is 6.07 Å². The number of hydrogen-bond acceptors (Lipinski definition) is 5. The van der Waals surface area contributed by atoms with E-state index in [1.165, 1.54) is 6.07 Å². The van der Waals surface area contributed by atoms with Gasteiger partial charge in [-0.05, 0) is 37.5 Å². The second-order valence-corrected chi connectivity index (χ2v) is 6.47. The molecule has 2 aromatic heterocycles. The first-order chi connectivity index (χ1) is 13.1. The average Bonchev–Trinajstić information content (AvgIpc) is 3.15. The number of nitrogens with zero attached hydrogens (tertiary/aromatic N) is 3. The van der Waals surface area contributed by atoms with Crippen molar-refractivity contribution in [3.05, 3.63) is 71.2 Å². The van der Waals surface area contributed by atoms with E-state index in [4.69, 9.17) is 0 Å². The first-order valence-corrected chi connectivity index (χ1v) is 8.79. The van der Waals surface area contributed by atoms with Crippen LogP contribution in [-0.4, -0.2) is 26.6 Å². The number of aryl methyl sites for hydroxylation is 1. The third kappa shape index (κ3) is 3.64. The van der Waals surface area contributed by atoms with Crippen molar-refractivity contribution in [2.75, 3.05) is 11.9 Å². The minimum absolute atomic E-state index is 0.0453. The van der Waals surface area contributed by atoms with Crippen LogP contribution in [0, 0.1) is 11.6 Å². The standard InChI is InChI=1S/C20H18F2N4O/c21-13-4-5-14(16(22)10-13)18(27)11-24-20-15-2-1-3-17(15)25-19(26-20)12-6-8-23-9-7-12/h4-10,18,27H,1-3,11H2,(H,24,25,26)/t18-/m0/s1. The van der Waals surface area contributed by atoms with Crippen LogP contribution in [0.25, 0.3) is 11.4 Å². The Balaban J connectivity index is 1.59. The van der Waals surface area contributed by atoms with Gasteiger partial charge >= 0.3 is 0 Å². The molecule has 27 heavy (non-hydrogen) atoms. The largest absolute Gasteiger partial charge is 0.386 e. The number of anilines is 1. The van der Waals surface area contributed by atoms with Gasteiger partial charge in [0, 0.05) is 47.4 Å². The number of rotatable bonds is 5. The molecule has 2 N–H and O–H groups in total. The topological polar surface area (TPSA) is 70.9 Å². The van der Waals surface area contributed by atoms with Crippen molar-refractivity contribution < 1.29 is 13.9 Å². The minimum Gasteiger partial charge on any atom is -0.386 e. The monoisotopic (exact) mass is 368 g/mol. The number of hydrogen-bond donors (Lipinski definition) is 2. The van der Waals surface area contributed by atoms with Gasteiger partial charge in [0.05, 0.1) is 6.10 Å². The van der Waals surface area contributed by atoms with Crippen LogP contribution in [0.5, 0.6) is 0 Å². The molecule has 0 spiro atoms. The van der Waals surface area contributed by atoms with Gasteiger partial charge in [0.25, 0.3) is 0 Å². The lowest BCUT2D eigenvalue weighted by Gasteiger charge is -2.16. The average molecular weight is 368 g/mol. The summed E-state index contributed by atoms with van der Waals surface area (Å²) in [7, 11) is 0. The SMILES string of the molecule is O[C@@H](CNc1nc(-c2ccncc2)nc2c1CCC2)c1ccc(F)cc1F. The lowest BCUT2D eigenvalue weighted by Crippen LogP contribution is -2.16. The zero-order chi connectivity index (χ0) is 18.8. The van der Waals surface area contributed by atoms with Gasteiger partial charge in [0.15, 0.2) is 5.82 Å². The van der Waals surface area contributed by atoms with Crippen LogP contribution in [0.3, 0.4) is 0 Å². The van der Waals surface area contributed by atoms with Gasteiger partial charge in [-0.15, -0.1) is 0 Å². The molecule has 0 amide bonds. The van der Waals surface area contributed by atoms with Crippen molar-refractivity contribution in [2.45, 2.75) is 25.4 Å². The maximum absolute atomic E-state index is 13.9. The predicted molar refractivity (Wildman–Crippen MR) is 97.1 cm³/mol.